The molecule has 3 rings (SSSR count). The van der Waals surface area contributed by atoms with Crippen LogP contribution in [0.1, 0.15) is 18.1 Å². The van der Waals surface area contributed by atoms with Gasteiger partial charge in [-0.2, -0.15) is 5.26 Å². The van der Waals surface area contributed by atoms with Crippen LogP contribution in [0.25, 0.3) is 0 Å². The molecular weight excluding hydrogens is 312 g/mol. The highest BCUT2D eigenvalue weighted by molar-refractivity contribution is 5.53. The van der Waals surface area contributed by atoms with Crippen LogP contribution in [-0.2, 0) is 6.42 Å². The first kappa shape index (κ1) is 18.5. The van der Waals surface area contributed by atoms with Crippen molar-refractivity contribution in [2.45, 2.75) is 19.4 Å². The normalized spacial score (nSPS) is 14.6. The molecule has 0 fully saturated rings. The molecule has 0 spiro atoms. The molecule has 25 heavy (non-hydrogen) atoms. The van der Waals surface area contributed by atoms with Crippen molar-refractivity contribution in [2.75, 3.05) is 25.0 Å². The lowest BCUT2D eigenvalue weighted by atomic mass is 10.1. The van der Waals surface area contributed by atoms with Gasteiger partial charge in [-0.15, -0.1) is 6.58 Å². The summed E-state index contributed by atoms with van der Waals surface area (Å²) in [5, 5.41) is 15.5. The van der Waals surface area contributed by atoms with E-state index in [2.05, 4.69) is 28.3 Å². The van der Waals surface area contributed by atoms with Crippen LogP contribution < -0.4 is 15.4 Å². The highest BCUT2D eigenvalue weighted by atomic mass is 16.5. The van der Waals surface area contributed by atoms with Gasteiger partial charge in [0.2, 0.25) is 5.88 Å². The van der Waals surface area contributed by atoms with Crippen LogP contribution >= 0.6 is 0 Å². The number of ether oxygens (including phenoxy) is 1. The molecule has 5 heteroatoms. The van der Waals surface area contributed by atoms with E-state index in [4.69, 9.17) is 10.00 Å². The molecule has 5 nitrogen and oxygen atoms in total. The number of pyridine rings is 1. The van der Waals surface area contributed by atoms with Crippen molar-refractivity contribution in [3.63, 3.8) is 0 Å². The fraction of sp³-hybridized carbons (Fsp3) is 0.300. The molecule has 0 amide bonds. The lowest BCUT2D eigenvalue weighted by Gasteiger charge is -2.26. The van der Waals surface area contributed by atoms with Crippen LogP contribution in [0.3, 0.4) is 0 Å². The summed E-state index contributed by atoms with van der Waals surface area (Å²) >= 11 is 0. The van der Waals surface area contributed by atoms with E-state index in [0.29, 0.717) is 11.4 Å². The number of rotatable bonds is 5. The van der Waals surface area contributed by atoms with Gasteiger partial charge in [0.05, 0.1) is 23.9 Å². The van der Waals surface area contributed by atoms with E-state index in [9.17, 15) is 0 Å². The summed E-state index contributed by atoms with van der Waals surface area (Å²) in [4.78, 5) is 4.22. The average molecular weight is 336 g/mol. The van der Waals surface area contributed by atoms with Crippen molar-refractivity contribution >= 4 is 5.69 Å². The summed E-state index contributed by atoms with van der Waals surface area (Å²) in [5.74, 6) is 0.674. The molecule has 0 radical (unpaired) electrons. The van der Waals surface area contributed by atoms with Crippen molar-refractivity contribution in [3.05, 3.63) is 66.4 Å². The zero-order chi connectivity index (χ0) is 17.9. The van der Waals surface area contributed by atoms with Crippen LogP contribution in [0.5, 0.6) is 5.88 Å². The minimum atomic E-state index is 0.0864. The third-order valence-electron chi connectivity index (χ3n) is 3.62. The Kier molecular flexibility index (Phi) is 7.48. The number of hydrogen-bond donors (Lipinski definition) is 2. The number of fused-ring (bicyclic) bond motifs is 1. The second-order valence-corrected chi connectivity index (χ2v) is 5.65. The molecule has 1 aliphatic rings. The molecule has 0 saturated carbocycles. The molecule has 1 atom stereocenters. The fourth-order valence-corrected chi connectivity index (χ4v) is 2.40. The standard InChI is InChI=1S/C17H18N4O.C3H6/c18-10-14-5-3-13(4-6-14)7-9-19-11-15-12-21-16-2-1-8-20-17(16)22-15;1-3-2/h1-6,8,15,19,21H,7,9,11-12H2;3H,1H2,2H3. The summed E-state index contributed by atoms with van der Waals surface area (Å²) in [7, 11) is 0. The Labute approximate surface area is 149 Å². The molecule has 1 aliphatic heterocycles. The molecule has 2 heterocycles. The highest BCUT2D eigenvalue weighted by Crippen LogP contribution is 2.24. The van der Waals surface area contributed by atoms with Crippen LogP contribution in [-0.4, -0.2) is 30.7 Å². The first-order valence-corrected chi connectivity index (χ1v) is 8.39. The highest BCUT2D eigenvalue weighted by Gasteiger charge is 2.19. The van der Waals surface area contributed by atoms with Gasteiger partial charge in [0.25, 0.3) is 0 Å². The van der Waals surface area contributed by atoms with E-state index in [0.717, 1.165) is 31.7 Å². The van der Waals surface area contributed by atoms with E-state index in [1.54, 1.807) is 12.3 Å². The van der Waals surface area contributed by atoms with Crippen LogP contribution in [0, 0.1) is 11.3 Å². The summed E-state index contributed by atoms with van der Waals surface area (Å²) in [5.41, 5.74) is 2.88. The summed E-state index contributed by atoms with van der Waals surface area (Å²) in [6.07, 6.45) is 4.51. The first-order chi connectivity index (χ1) is 12.3. The lowest BCUT2D eigenvalue weighted by Crippen LogP contribution is -2.40. The van der Waals surface area contributed by atoms with Crippen molar-refractivity contribution in [2.24, 2.45) is 0 Å². The number of nitrogens with zero attached hydrogens (tertiary/aromatic N) is 2. The average Bonchev–Trinajstić information content (AvgIpc) is 2.66. The van der Waals surface area contributed by atoms with Crippen molar-refractivity contribution in [1.82, 2.24) is 10.3 Å². The SMILES string of the molecule is C=CC.N#Cc1ccc(CCNCC2CNc3cccnc3O2)cc1. The Morgan fingerprint density at radius 1 is 1.40 bits per heavy atom. The van der Waals surface area contributed by atoms with Gasteiger partial charge in [-0.3, -0.25) is 0 Å². The molecule has 0 bridgehead atoms. The number of nitrogens with one attached hydrogen (secondary N) is 2. The number of aromatic nitrogens is 1. The Balaban J connectivity index is 0.000000701. The van der Waals surface area contributed by atoms with Crippen molar-refractivity contribution < 1.29 is 4.74 Å². The zero-order valence-electron chi connectivity index (χ0n) is 14.5. The van der Waals surface area contributed by atoms with Gasteiger partial charge in [0, 0.05) is 12.7 Å². The molecular formula is C20H24N4O. The van der Waals surface area contributed by atoms with Gasteiger partial charge < -0.3 is 15.4 Å². The van der Waals surface area contributed by atoms with Gasteiger partial charge in [-0.1, -0.05) is 18.2 Å². The zero-order valence-corrected chi connectivity index (χ0v) is 14.5. The molecule has 1 aromatic carbocycles. The number of benzene rings is 1. The maximum absolute atomic E-state index is 8.77. The van der Waals surface area contributed by atoms with Gasteiger partial charge in [0.1, 0.15) is 6.10 Å². The fourth-order valence-electron chi connectivity index (χ4n) is 2.40. The van der Waals surface area contributed by atoms with Gasteiger partial charge in [-0.05, 0) is 49.7 Å². The largest absolute Gasteiger partial charge is 0.470 e. The molecule has 1 unspecified atom stereocenters. The van der Waals surface area contributed by atoms with E-state index in [1.165, 1.54) is 5.56 Å². The number of hydrogen-bond acceptors (Lipinski definition) is 5. The summed E-state index contributed by atoms with van der Waals surface area (Å²) in [6.45, 7) is 7.68. The lowest BCUT2D eigenvalue weighted by molar-refractivity contribution is 0.194. The van der Waals surface area contributed by atoms with Gasteiger partial charge >= 0.3 is 0 Å². The first-order valence-electron chi connectivity index (χ1n) is 8.39. The smallest absolute Gasteiger partial charge is 0.237 e. The predicted molar refractivity (Wildman–Crippen MR) is 101 cm³/mol. The molecule has 130 valence electrons. The molecule has 2 N–H and O–H groups in total. The maximum atomic E-state index is 8.77. The summed E-state index contributed by atoms with van der Waals surface area (Å²) in [6, 6.07) is 13.7. The Morgan fingerprint density at radius 2 is 2.16 bits per heavy atom. The third-order valence-corrected chi connectivity index (χ3v) is 3.62. The van der Waals surface area contributed by atoms with Crippen LogP contribution in [0.2, 0.25) is 0 Å². The maximum Gasteiger partial charge on any atom is 0.237 e. The van der Waals surface area contributed by atoms with E-state index < -0.39 is 0 Å². The molecule has 0 saturated heterocycles. The van der Waals surface area contributed by atoms with Gasteiger partial charge in [-0.25, -0.2) is 4.98 Å². The topological polar surface area (TPSA) is 70.0 Å². The Bertz CT molecular complexity index is 706. The monoisotopic (exact) mass is 336 g/mol. The second kappa shape index (κ2) is 10.1. The number of nitriles is 1. The minimum Gasteiger partial charge on any atom is -0.470 e. The Hall–Kier alpha value is -2.84. The molecule has 1 aromatic heterocycles. The van der Waals surface area contributed by atoms with Crippen molar-refractivity contribution in [1.29, 1.82) is 5.26 Å². The minimum absolute atomic E-state index is 0.0864. The van der Waals surface area contributed by atoms with E-state index in [-0.39, 0.29) is 6.10 Å². The van der Waals surface area contributed by atoms with E-state index >= 15 is 0 Å². The number of allylic oxidation sites excluding steroid dienone is 1. The van der Waals surface area contributed by atoms with Crippen LogP contribution in [0.15, 0.2) is 55.3 Å². The third kappa shape index (κ3) is 5.94. The predicted octanol–water partition coefficient (Wildman–Crippen LogP) is 3.15. The second-order valence-electron chi connectivity index (χ2n) is 5.65. The summed E-state index contributed by atoms with van der Waals surface area (Å²) < 4.78 is 5.84. The van der Waals surface area contributed by atoms with E-state index in [1.807, 2.05) is 43.3 Å². The molecule has 2 aromatic rings. The van der Waals surface area contributed by atoms with Gasteiger partial charge in [0.15, 0.2) is 0 Å². The van der Waals surface area contributed by atoms with Crippen LogP contribution in [0.4, 0.5) is 5.69 Å². The molecule has 0 aliphatic carbocycles. The quantitative estimate of drug-likeness (QED) is 0.648. The Morgan fingerprint density at radius 3 is 2.88 bits per heavy atom. The van der Waals surface area contributed by atoms with Crippen molar-refractivity contribution in [3.8, 4) is 11.9 Å². The number of anilines is 1.